The number of rotatable bonds is 2. The van der Waals surface area contributed by atoms with Gasteiger partial charge in [-0.2, -0.15) is 0 Å². The fourth-order valence-corrected chi connectivity index (χ4v) is 1.26. The first-order valence-corrected chi connectivity index (χ1v) is 4.86. The third kappa shape index (κ3) is 4.35. The fourth-order valence-electron chi connectivity index (χ4n) is 1.26. The van der Waals surface area contributed by atoms with Crippen molar-refractivity contribution in [3.05, 3.63) is 24.3 Å². The van der Waals surface area contributed by atoms with Gasteiger partial charge in [-0.3, -0.25) is 5.41 Å². The summed E-state index contributed by atoms with van der Waals surface area (Å²) in [5.41, 5.74) is 7.10. The maximum Gasteiger partial charge on any atom is 0.190 e. The summed E-state index contributed by atoms with van der Waals surface area (Å²) in [6.07, 6.45) is 0. The van der Waals surface area contributed by atoms with Crippen LogP contribution in [-0.2, 0) is 0 Å². The molecular formula is C11H18N4. The summed E-state index contributed by atoms with van der Waals surface area (Å²) >= 11 is 0. The first kappa shape index (κ1) is 11.4. The van der Waals surface area contributed by atoms with Gasteiger partial charge >= 0.3 is 0 Å². The van der Waals surface area contributed by atoms with Crippen LogP contribution in [0.4, 0.5) is 11.4 Å². The number of anilines is 2. The number of guanidine groups is 1. The van der Waals surface area contributed by atoms with Gasteiger partial charge in [0.2, 0.25) is 0 Å². The van der Waals surface area contributed by atoms with E-state index in [2.05, 4.69) is 31.4 Å². The van der Waals surface area contributed by atoms with Crippen LogP contribution in [0.1, 0.15) is 20.8 Å². The van der Waals surface area contributed by atoms with Gasteiger partial charge < -0.3 is 16.4 Å². The number of hydrogen-bond donors (Lipinski definition) is 4. The molecule has 0 aliphatic carbocycles. The van der Waals surface area contributed by atoms with Gasteiger partial charge in [0.05, 0.1) is 0 Å². The van der Waals surface area contributed by atoms with Crippen molar-refractivity contribution >= 4 is 17.3 Å². The van der Waals surface area contributed by atoms with Crippen molar-refractivity contribution in [2.75, 3.05) is 10.6 Å². The average Bonchev–Trinajstić information content (AvgIpc) is 1.99. The van der Waals surface area contributed by atoms with Crippen LogP contribution in [0.25, 0.3) is 0 Å². The zero-order valence-electron chi connectivity index (χ0n) is 9.39. The molecule has 0 saturated heterocycles. The fraction of sp³-hybridized carbons (Fsp3) is 0.364. The standard InChI is InChI=1S/C11H18N4/c1-11(2,3)15-9-6-4-5-8(7-9)14-10(12)13/h4-7,15H,1-3H3,(H4,12,13,14). The van der Waals surface area contributed by atoms with Crippen LogP contribution in [0.5, 0.6) is 0 Å². The van der Waals surface area contributed by atoms with Gasteiger partial charge in [0.25, 0.3) is 0 Å². The van der Waals surface area contributed by atoms with Crippen molar-refractivity contribution in [1.82, 2.24) is 0 Å². The Morgan fingerprint density at radius 2 is 1.87 bits per heavy atom. The zero-order chi connectivity index (χ0) is 11.5. The number of hydrogen-bond acceptors (Lipinski definition) is 2. The van der Waals surface area contributed by atoms with Gasteiger partial charge in [-0.25, -0.2) is 0 Å². The van der Waals surface area contributed by atoms with E-state index in [9.17, 15) is 0 Å². The first-order chi connectivity index (χ1) is 6.87. The van der Waals surface area contributed by atoms with Crippen molar-refractivity contribution in [2.45, 2.75) is 26.3 Å². The lowest BCUT2D eigenvalue weighted by Crippen LogP contribution is -2.26. The monoisotopic (exact) mass is 206 g/mol. The minimum absolute atomic E-state index is 0.0227. The third-order valence-corrected chi connectivity index (χ3v) is 1.66. The molecule has 0 atom stereocenters. The highest BCUT2D eigenvalue weighted by Crippen LogP contribution is 2.18. The molecule has 0 amide bonds. The first-order valence-electron chi connectivity index (χ1n) is 4.86. The Balaban J connectivity index is 2.79. The van der Waals surface area contributed by atoms with Gasteiger partial charge in [0.15, 0.2) is 5.96 Å². The molecule has 82 valence electrons. The Bertz CT molecular complexity index is 352. The Morgan fingerprint density at radius 1 is 1.27 bits per heavy atom. The molecule has 0 radical (unpaired) electrons. The smallest absolute Gasteiger partial charge is 0.190 e. The molecule has 1 aromatic carbocycles. The molecule has 0 heterocycles. The SMILES string of the molecule is CC(C)(C)Nc1cccc(NC(=N)N)c1. The van der Waals surface area contributed by atoms with Crippen LogP contribution in [0, 0.1) is 5.41 Å². The summed E-state index contributed by atoms with van der Waals surface area (Å²) in [5, 5.41) is 13.2. The minimum Gasteiger partial charge on any atom is -0.380 e. The Kier molecular flexibility index (Phi) is 3.19. The van der Waals surface area contributed by atoms with Crippen molar-refractivity contribution < 1.29 is 0 Å². The summed E-state index contributed by atoms with van der Waals surface area (Å²) in [6, 6.07) is 7.69. The van der Waals surface area contributed by atoms with Crippen molar-refractivity contribution in [3.8, 4) is 0 Å². The lowest BCUT2D eigenvalue weighted by atomic mass is 10.1. The molecule has 15 heavy (non-hydrogen) atoms. The second-order valence-corrected chi connectivity index (χ2v) is 4.49. The Hall–Kier alpha value is -1.71. The molecule has 5 N–H and O–H groups in total. The van der Waals surface area contributed by atoms with Crippen molar-refractivity contribution in [1.29, 1.82) is 5.41 Å². The molecule has 0 bridgehead atoms. The number of nitrogens with one attached hydrogen (secondary N) is 3. The second kappa shape index (κ2) is 4.21. The predicted molar refractivity (Wildman–Crippen MR) is 65.4 cm³/mol. The van der Waals surface area contributed by atoms with Crippen LogP contribution in [0.3, 0.4) is 0 Å². The zero-order valence-corrected chi connectivity index (χ0v) is 9.39. The topological polar surface area (TPSA) is 73.9 Å². The highest BCUT2D eigenvalue weighted by atomic mass is 15.0. The highest BCUT2D eigenvalue weighted by molar-refractivity contribution is 5.90. The molecule has 0 aliphatic heterocycles. The summed E-state index contributed by atoms with van der Waals surface area (Å²) < 4.78 is 0. The van der Waals surface area contributed by atoms with Crippen LogP contribution in [0.15, 0.2) is 24.3 Å². The molecule has 0 aliphatic rings. The van der Waals surface area contributed by atoms with E-state index in [4.69, 9.17) is 11.1 Å². The molecule has 4 heteroatoms. The van der Waals surface area contributed by atoms with Crippen molar-refractivity contribution in [3.63, 3.8) is 0 Å². The number of benzene rings is 1. The van der Waals surface area contributed by atoms with E-state index in [-0.39, 0.29) is 11.5 Å². The van der Waals surface area contributed by atoms with Gasteiger partial charge in [-0.15, -0.1) is 0 Å². The van der Waals surface area contributed by atoms with E-state index in [1.54, 1.807) is 0 Å². The Morgan fingerprint density at radius 3 is 2.40 bits per heavy atom. The number of nitrogens with two attached hydrogens (primary N) is 1. The summed E-state index contributed by atoms with van der Waals surface area (Å²) in [6.45, 7) is 6.29. The van der Waals surface area contributed by atoms with Gasteiger partial charge in [0, 0.05) is 16.9 Å². The average molecular weight is 206 g/mol. The maximum absolute atomic E-state index is 7.13. The molecule has 1 rings (SSSR count). The van der Waals surface area contributed by atoms with Gasteiger partial charge in [0.1, 0.15) is 0 Å². The maximum atomic E-state index is 7.13. The van der Waals surface area contributed by atoms with Crippen LogP contribution < -0.4 is 16.4 Å². The van der Waals surface area contributed by atoms with E-state index in [0.29, 0.717) is 0 Å². The highest BCUT2D eigenvalue weighted by Gasteiger charge is 2.08. The minimum atomic E-state index is -0.0529. The van der Waals surface area contributed by atoms with Crippen LogP contribution in [-0.4, -0.2) is 11.5 Å². The predicted octanol–water partition coefficient (Wildman–Crippen LogP) is 2.20. The van der Waals surface area contributed by atoms with E-state index in [0.717, 1.165) is 11.4 Å². The van der Waals surface area contributed by atoms with E-state index in [1.807, 2.05) is 24.3 Å². The van der Waals surface area contributed by atoms with E-state index >= 15 is 0 Å². The Labute approximate surface area is 90.4 Å². The molecule has 0 unspecified atom stereocenters. The van der Waals surface area contributed by atoms with Crippen LogP contribution in [0.2, 0.25) is 0 Å². The third-order valence-electron chi connectivity index (χ3n) is 1.66. The van der Waals surface area contributed by atoms with Gasteiger partial charge in [-0.1, -0.05) is 6.07 Å². The quantitative estimate of drug-likeness (QED) is 0.442. The molecule has 1 aromatic rings. The lowest BCUT2D eigenvalue weighted by Gasteiger charge is -2.22. The van der Waals surface area contributed by atoms with Crippen molar-refractivity contribution in [2.24, 2.45) is 5.73 Å². The molecule has 0 saturated carbocycles. The summed E-state index contributed by atoms with van der Waals surface area (Å²) in [5.74, 6) is -0.0529. The second-order valence-electron chi connectivity index (χ2n) is 4.49. The molecule has 0 aromatic heterocycles. The summed E-state index contributed by atoms with van der Waals surface area (Å²) in [7, 11) is 0. The van der Waals surface area contributed by atoms with E-state index < -0.39 is 0 Å². The van der Waals surface area contributed by atoms with Gasteiger partial charge in [-0.05, 0) is 39.0 Å². The largest absolute Gasteiger partial charge is 0.380 e. The molecule has 0 spiro atoms. The van der Waals surface area contributed by atoms with E-state index in [1.165, 1.54) is 0 Å². The van der Waals surface area contributed by atoms with Crippen LogP contribution >= 0.6 is 0 Å². The lowest BCUT2D eigenvalue weighted by molar-refractivity contribution is 0.634. The normalized spacial score (nSPS) is 10.9. The summed E-state index contributed by atoms with van der Waals surface area (Å²) in [4.78, 5) is 0. The molecule has 4 nitrogen and oxygen atoms in total. The molecular weight excluding hydrogens is 188 g/mol. The molecule has 0 fully saturated rings.